The second-order valence-electron chi connectivity index (χ2n) is 10.0. The van der Waals surface area contributed by atoms with E-state index in [0.717, 1.165) is 12.8 Å². The fourth-order valence-electron chi connectivity index (χ4n) is 5.16. The average molecular weight is 531 g/mol. The smallest absolute Gasteiger partial charge is 0.0537 e. The number of para-hydroxylation sites is 2. The molecule has 0 bridgehead atoms. The number of benzene rings is 3. The van der Waals surface area contributed by atoms with Crippen molar-refractivity contribution in [2.45, 2.75) is 68.2 Å². The summed E-state index contributed by atoms with van der Waals surface area (Å²) in [5.41, 5.74) is 12.2. The highest BCUT2D eigenvalue weighted by atomic mass is 15.2. The maximum absolute atomic E-state index is 3.90. The van der Waals surface area contributed by atoms with Crippen LogP contribution in [0, 0.1) is 27.7 Å². The zero-order valence-electron chi connectivity index (χ0n) is 25.8. The summed E-state index contributed by atoms with van der Waals surface area (Å²) in [7, 11) is 0. The molecule has 1 heterocycles. The van der Waals surface area contributed by atoms with Crippen molar-refractivity contribution in [1.29, 1.82) is 0 Å². The van der Waals surface area contributed by atoms with E-state index >= 15 is 0 Å². The van der Waals surface area contributed by atoms with Crippen molar-refractivity contribution in [2.24, 2.45) is 0 Å². The minimum atomic E-state index is 0.844. The van der Waals surface area contributed by atoms with Crippen molar-refractivity contribution in [3.05, 3.63) is 131 Å². The van der Waals surface area contributed by atoms with E-state index in [1.807, 2.05) is 19.9 Å². The molecule has 0 radical (unpaired) electrons. The van der Waals surface area contributed by atoms with E-state index in [1.165, 1.54) is 61.6 Å². The highest BCUT2D eigenvalue weighted by Gasteiger charge is 2.19. The Kier molecular flexibility index (Phi) is 11.0. The first-order valence-electron chi connectivity index (χ1n) is 14.6. The van der Waals surface area contributed by atoms with E-state index in [9.17, 15) is 0 Å². The maximum atomic E-state index is 3.90. The van der Waals surface area contributed by atoms with E-state index in [2.05, 4.69) is 149 Å². The Bertz CT molecular complexity index is 1540. The molecule has 1 aromatic heterocycles. The molecule has 4 aromatic rings. The van der Waals surface area contributed by atoms with Crippen LogP contribution in [0.1, 0.15) is 68.5 Å². The van der Waals surface area contributed by atoms with E-state index in [0.29, 0.717) is 0 Å². The van der Waals surface area contributed by atoms with Crippen LogP contribution in [0.2, 0.25) is 0 Å². The highest BCUT2D eigenvalue weighted by Crippen LogP contribution is 2.37. The molecule has 0 amide bonds. The van der Waals surface area contributed by atoms with Gasteiger partial charge in [-0.15, -0.1) is 6.58 Å². The van der Waals surface area contributed by atoms with Crippen LogP contribution in [0.3, 0.4) is 0 Å². The molecule has 2 heteroatoms. The van der Waals surface area contributed by atoms with Crippen LogP contribution in [-0.2, 0) is 0 Å². The number of fused-ring (bicyclic) bond motifs is 1. The van der Waals surface area contributed by atoms with Gasteiger partial charge >= 0.3 is 0 Å². The number of hydrogen-bond acceptors (Lipinski definition) is 1. The number of aryl methyl sites for hydroxylation is 4. The minimum Gasteiger partial charge on any atom is -0.314 e. The minimum absolute atomic E-state index is 0.844. The molecule has 2 nitrogen and oxygen atoms in total. The lowest BCUT2D eigenvalue weighted by molar-refractivity contribution is 1.08. The molecule has 0 aliphatic rings. The van der Waals surface area contributed by atoms with Crippen LogP contribution in [0.4, 0.5) is 11.4 Å². The van der Waals surface area contributed by atoms with Crippen LogP contribution < -0.4 is 4.90 Å². The lowest BCUT2D eigenvalue weighted by atomic mass is 10.1. The monoisotopic (exact) mass is 530 g/mol. The fourth-order valence-corrected chi connectivity index (χ4v) is 5.16. The van der Waals surface area contributed by atoms with Gasteiger partial charge in [0.05, 0.1) is 5.52 Å². The van der Waals surface area contributed by atoms with Crippen LogP contribution in [0.5, 0.6) is 0 Å². The number of rotatable bonds is 9. The number of nitrogens with zero attached hydrogens (tertiary/aromatic N) is 2. The van der Waals surface area contributed by atoms with Crippen LogP contribution in [0.25, 0.3) is 22.7 Å². The van der Waals surface area contributed by atoms with Crippen molar-refractivity contribution in [3.8, 4) is 0 Å². The first-order chi connectivity index (χ1) is 19.4. The Balaban J connectivity index is 0.00000216. The third-order valence-corrected chi connectivity index (χ3v) is 7.10. The largest absolute Gasteiger partial charge is 0.314 e. The Labute approximate surface area is 242 Å². The van der Waals surface area contributed by atoms with Crippen molar-refractivity contribution in [3.63, 3.8) is 0 Å². The second kappa shape index (κ2) is 14.4. The van der Waals surface area contributed by atoms with Crippen LogP contribution >= 0.6 is 0 Å². The van der Waals surface area contributed by atoms with Gasteiger partial charge < -0.3 is 9.47 Å². The summed E-state index contributed by atoms with van der Waals surface area (Å²) >= 11 is 0. The molecule has 208 valence electrons. The number of hydrogen-bond donors (Lipinski definition) is 0. The molecule has 40 heavy (non-hydrogen) atoms. The molecule has 0 aliphatic heterocycles. The molecule has 0 saturated heterocycles. The Morgan fingerprint density at radius 2 is 1.55 bits per heavy atom. The molecule has 0 aliphatic carbocycles. The highest BCUT2D eigenvalue weighted by molar-refractivity contribution is 5.92. The number of aromatic nitrogens is 1. The topological polar surface area (TPSA) is 8.17 Å². The van der Waals surface area contributed by atoms with Gasteiger partial charge in [-0.2, -0.15) is 0 Å². The molecule has 3 aromatic carbocycles. The standard InChI is InChI=1S/C36H40N2.C2H6/c1-8-10-11-20-34-30(7)32-18-13-15-21-35(32)38(34)31(16-9-2)25-29(6)37(33-19-14-12-17-27(33)4)36-24-26(3)22-23-28(36)5;1-2/h8,11-25H,1,9-10H2,2-7H3;1-2H3/b20-11?,29-25+,31-16+;. The number of anilines is 2. The SMILES string of the molecule is C=CCC=Cc1c(C)c2ccccc2n1C(/C=C(\C)N(c1ccccc1C)c1cc(C)ccc1C)=C/CC.CC. The van der Waals surface area contributed by atoms with E-state index < -0.39 is 0 Å². The fraction of sp³-hybridized carbons (Fsp3) is 0.263. The lowest BCUT2D eigenvalue weighted by Gasteiger charge is -2.30. The van der Waals surface area contributed by atoms with Gasteiger partial charge in [0, 0.05) is 33.8 Å². The van der Waals surface area contributed by atoms with Gasteiger partial charge in [0.25, 0.3) is 0 Å². The molecule has 0 atom stereocenters. The molecule has 0 N–H and O–H groups in total. The van der Waals surface area contributed by atoms with Gasteiger partial charge in [0.1, 0.15) is 0 Å². The van der Waals surface area contributed by atoms with Gasteiger partial charge in [0.15, 0.2) is 0 Å². The van der Waals surface area contributed by atoms with Crippen molar-refractivity contribution in [1.82, 2.24) is 4.57 Å². The first kappa shape index (κ1) is 30.5. The summed E-state index contributed by atoms with van der Waals surface area (Å²) in [6.45, 7) is 21.1. The average Bonchev–Trinajstić information content (AvgIpc) is 3.24. The summed E-state index contributed by atoms with van der Waals surface area (Å²) in [4.78, 5) is 2.41. The summed E-state index contributed by atoms with van der Waals surface area (Å²) in [5, 5.41) is 1.28. The lowest BCUT2D eigenvalue weighted by Crippen LogP contribution is -2.17. The predicted octanol–water partition coefficient (Wildman–Crippen LogP) is 11.5. The quantitative estimate of drug-likeness (QED) is 0.154. The van der Waals surface area contributed by atoms with Crippen molar-refractivity contribution in [2.75, 3.05) is 4.90 Å². The molecule has 0 spiro atoms. The van der Waals surface area contributed by atoms with Gasteiger partial charge in [0.2, 0.25) is 0 Å². The van der Waals surface area contributed by atoms with Crippen LogP contribution in [-0.4, -0.2) is 4.57 Å². The van der Waals surface area contributed by atoms with Crippen molar-refractivity contribution < 1.29 is 0 Å². The summed E-state index contributed by atoms with van der Waals surface area (Å²) < 4.78 is 2.41. The summed E-state index contributed by atoms with van der Waals surface area (Å²) in [6, 6.07) is 24.1. The summed E-state index contributed by atoms with van der Waals surface area (Å²) in [6.07, 6.45) is 12.8. The predicted molar refractivity (Wildman–Crippen MR) is 179 cm³/mol. The molecule has 0 saturated carbocycles. The zero-order valence-corrected chi connectivity index (χ0v) is 25.8. The maximum Gasteiger partial charge on any atom is 0.0537 e. The van der Waals surface area contributed by atoms with Gasteiger partial charge in [-0.05, 0) is 100 Å². The summed E-state index contributed by atoms with van der Waals surface area (Å²) in [5.74, 6) is 0. The van der Waals surface area contributed by atoms with Gasteiger partial charge in [-0.1, -0.05) is 87.5 Å². The molecule has 4 rings (SSSR count). The molecule has 0 unspecified atom stereocenters. The van der Waals surface area contributed by atoms with Crippen LogP contribution in [0.15, 0.2) is 103 Å². The van der Waals surface area contributed by atoms with E-state index in [4.69, 9.17) is 0 Å². The first-order valence-corrected chi connectivity index (χ1v) is 14.6. The zero-order chi connectivity index (χ0) is 29.2. The number of allylic oxidation sites excluding steroid dienone is 6. The van der Waals surface area contributed by atoms with E-state index in [-0.39, 0.29) is 0 Å². The Hall–Kier alpha value is -4.04. The van der Waals surface area contributed by atoms with Gasteiger partial charge in [-0.25, -0.2) is 0 Å². The second-order valence-corrected chi connectivity index (χ2v) is 10.0. The van der Waals surface area contributed by atoms with Crippen molar-refractivity contribution >= 4 is 34.1 Å². The Morgan fingerprint density at radius 1 is 0.875 bits per heavy atom. The van der Waals surface area contributed by atoms with E-state index in [1.54, 1.807) is 0 Å². The molecular formula is C38H46N2. The third-order valence-electron chi connectivity index (χ3n) is 7.10. The van der Waals surface area contributed by atoms with Gasteiger partial charge in [-0.3, -0.25) is 0 Å². The Morgan fingerprint density at radius 3 is 2.25 bits per heavy atom. The molecule has 0 fully saturated rings. The third kappa shape index (κ3) is 6.57. The normalized spacial score (nSPS) is 12.0. The molecular weight excluding hydrogens is 484 g/mol.